The van der Waals surface area contributed by atoms with Crippen LogP contribution in [0.1, 0.15) is 18.9 Å². The zero-order valence-corrected chi connectivity index (χ0v) is 12.3. The summed E-state index contributed by atoms with van der Waals surface area (Å²) in [7, 11) is 0. The van der Waals surface area contributed by atoms with Gasteiger partial charge in [0.15, 0.2) is 0 Å². The largest absolute Gasteiger partial charge is 0.480 e. The number of hydrogen-bond acceptors (Lipinski definition) is 3. The molecule has 1 aliphatic heterocycles. The third kappa shape index (κ3) is 3.74. The van der Waals surface area contributed by atoms with Gasteiger partial charge in [-0.05, 0) is 37.9 Å². The van der Waals surface area contributed by atoms with Gasteiger partial charge in [-0.3, -0.25) is 9.69 Å². The molecule has 2 rings (SSSR count). The summed E-state index contributed by atoms with van der Waals surface area (Å²) in [4.78, 5) is 14.6. The van der Waals surface area contributed by atoms with E-state index in [0.717, 1.165) is 25.3 Å². The number of aryl methyl sites for hydroxylation is 1. The first-order valence-electron chi connectivity index (χ1n) is 6.74. The van der Waals surface area contributed by atoms with Crippen molar-refractivity contribution in [3.05, 3.63) is 29.8 Å². The van der Waals surface area contributed by atoms with Crippen molar-refractivity contribution < 1.29 is 9.90 Å². The van der Waals surface area contributed by atoms with Gasteiger partial charge in [0.25, 0.3) is 0 Å². The maximum Gasteiger partial charge on any atom is 0.321 e. The number of benzene rings is 1. The molecule has 104 valence electrons. The molecule has 1 fully saturated rings. The molecular formula is C15H21NO2S. The maximum atomic E-state index is 11.2. The lowest BCUT2D eigenvalue weighted by Gasteiger charge is -2.22. The van der Waals surface area contributed by atoms with Gasteiger partial charge in [0, 0.05) is 17.2 Å². The Balaban J connectivity index is 1.82. The molecule has 0 radical (unpaired) electrons. The standard InChI is InChI=1S/C15H21NO2S/c1-11-3-5-13(6-4-11)19-10-9-16-8-7-12(2)14(16)15(17)18/h3-6,12,14H,7-10H2,1-2H3,(H,17,18). The molecule has 0 bridgehead atoms. The molecule has 0 saturated carbocycles. The highest BCUT2D eigenvalue weighted by Gasteiger charge is 2.35. The van der Waals surface area contributed by atoms with Crippen molar-refractivity contribution in [1.29, 1.82) is 0 Å². The Labute approximate surface area is 119 Å². The second-order valence-corrected chi connectivity index (χ2v) is 6.41. The highest BCUT2D eigenvalue weighted by atomic mass is 32.2. The molecule has 2 unspecified atom stereocenters. The number of nitrogens with zero attached hydrogens (tertiary/aromatic N) is 1. The highest BCUT2D eigenvalue weighted by molar-refractivity contribution is 7.99. The molecule has 2 atom stereocenters. The molecular weight excluding hydrogens is 258 g/mol. The van der Waals surface area contributed by atoms with Gasteiger partial charge in [0.2, 0.25) is 0 Å². The number of likely N-dealkylation sites (tertiary alicyclic amines) is 1. The molecule has 0 spiro atoms. The molecule has 1 aliphatic rings. The topological polar surface area (TPSA) is 40.5 Å². The smallest absolute Gasteiger partial charge is 0.321 e. The third-order valence-corrected chi connectivity index (χ3v) is 4.72. The molecule has 3 nitrogen and oxygen atoms in total. The summed E-state index contributed by atoms with van der Waals surface area (Å²) >= 11 is 1.80. The van der Waals surface area contributed by atoms with E-state index in [1.165, 1.54) is 10.5 Å². The van der Waals surface area contributed by atoms with Crippen LogP contribution in [0.2, 0.25) is 0 Å². The van der Waals surface area contributed by atoms with Crippen molar-refractivity contribution in [3.8, 4) is 0 Å². The molecule has 1 N–H and O–H groups in total. The van der Waals surface area contributed by atoms with Crippen LogP contribution in [0.5, 0.6) is 0 Å². The molecule has 0 amide bonds. The average molecular weight is 279 g/mol. The third-order valence-electron chi connectivity index (χ3n) is 3.73. The monoisotopic (exact) mass is 279 g/mol. The molecule has 1 aromatic rings. The molecule has 0 aromatic heterocycles. The van der Waals surface area contributed by atoms with Crippen LogP contribution >= 0.6 is 11.8 Å². The van der Waals surface area contributed by atoms with E-state index in [-0.39, 0.29) is 12.0 Å². The van der Waals surface area contributed by atoms with E-state index in [9.17, 15) is 9.90 Å². The number of rotatable bonds is 5. The lowest BCUT2D eigenvalue weighted by Crippen LogP contribution is -2.40. The predicted molar refractivity (Wildman–Crippen MR) is 78.7 cm³/mol. The van der Waals surface area contributed by atoms with E-state index in [4.69, 9.17) is 0 Å². The van der Waals surface area contributed by atoms with Crippen LogP contribution in [0.4, 0.5) is 0 Å². The Kier molecular flexibility index (Phi) is 4.88. The predicted octanol–water partition coefficient (Wildman–Crippen LogP) is 2.88. The minimum absolute atomic E-state index is 0.266. The van der Waals surface area contributed by atoms with Gasteiger partial charge in [-0.15, -0.1) is 11.8 Å². The van der Waals surface area contributed by atoms with Gasteiger partial charge in [-0.2, -0.15) is 0 Å². The zero-order chi connectivity index (χ0) is 13.8. The van der Waals surface area contributed by atoms with Crippen molar-refractivity contribution >= 4 is 17.7 Å². The highest BCUT2D eigenvalue weighted by Crippen LogP contribution is 2.25. The quantitative estimate of drug-likeness (QED) is 0.841. The van der Waals surface area contributed by atoms with Gasteiger partial charge < -0.3 is 5.11 Å². The number of carbonyl (C=O) groups is 1. The molecule has 4 heteroatoms. The SMILES string of the molecule is Cc1ccc(SCCN2CCC(C)C2C(=O)O)cc1. The fourth-order valence-corrected chi connectivity index (χ4v) is 3.48. The Morgan fingerprint density at radius 2 is 2.11 bits per heavy atom. The second kappa shape index (κ2) is 6.44. The van der Waals surface area contributed by atoms with E-state index in [0.29, 0.717) is 0 Å². The van der Waals surface area contributed by atoms with Crippen molar-refractivity contribution in [3.63, 3.8) is 0 Å². The minimum atomic E-state index is -0.676. The van der Waals surface area contributed by atoms with Gasteiger partial charge in [-0.25, -0.2) is 0 Å². The van der Waals surface area contributed by atoms with E-state index in [1.807, 2.05) is 6.92 Å². The van der Waals surface area contributed by atoms with Crippen LogP contribution in [0.3, 0.4) is 0 Å². The van der Waals surface area contributed by atoms with Crippen LogP contribution in [-0.4, -0.2) is 40.9 Å². The number of carboxylic acid groups (broad SMARTS) is 1. The Hall–Kier alpha value is -1.00. The second-order valence-electron chi connectivity index (χ2n) is 5.25. The van der Waals surface area contributed by atoms with Gasteiger partial charge in [0.1, 0.15) is 6.04 Å². The van der Waals surface area contributed by atoms with Crippen LogP contribution in [0, 0.1) is 12.8 Å². The van der Waals surface area contributed by atoms with Crippen molar-refractivity contribution in [1.82, 2.24) is 4.90 Å². The minimum Gasteiger partial charge on any atom is -0.480 e. The lowest BCUT2D eigenvalue weighted by atomic mass is 10.0. The number of hydrogen-bond donors (Lipinski definition) is 1. The summed E-state index contributed by atoms with van der Waals surface area (Å²) in [6.07, 6.45) is 0.992. The van der Waals surface area contributed by atoms with Crippen LogP contribution < -0.4 is 0 Å². The molecule has 1 heterocycles. The van der Waals surface area contributed by atoms with E-state index < -0.39 is 5.97 Å². The van der Waals surface area contributed by atoms with Gasteiger partial charge in [0.05, 0.1) is 0 Å². The fraction of sp³-hybridized carbons (Fsp3) is 0.533. The summed E-state index contributed by atoms with van der Waals surface area (Å²) in [5.74, 6) is 0.534. The number of aliphatic carboxylic acids is 1. The zero-order valence-electron chi connectivity index (χ0n) is 11.5. The van der Waals surface area contributed by atoms with Crippen molar-refractivity contribution in [2.75, 3.05) is 18.8 Å². The summed E-state index contributed by atoms with van der Waals surface area (Å²) in [6, 6.07) is 8.18. The first-order chi connectivity index (χ1) is 9.08. The number of carboxylic acids is 1. The van der Waals surface area contributed by atoms with Crippen LogP contribution in [0.25, 0.3) is 0 Å². The summed E-state index contributed by atoms with van der Waals surface area (Å²) in [5, 5.41) is 9.25. The normalized spacial score (nSPS) is 23.7. The van der Waals surface area contributed by atoms with E-state index in [1.54, 1.807) is 11.8 Å². The summed E-state index contributed by atoms with van der Waals surface area (Å²) in [5.41, 5.74) is 1.27. The van der Waals surface area contributed by atoms with Gasteiger partial charge >= 0.3 is 5.97 Å². The first kappa shape index (κ1) is 14.4. The molecule has 0 aliphatic carbocycles. The fourth-order valence-electron chi connectivity index (χ4n) is 2.59. The maximum absolute atomic E-state index is 11.2. The van der Waals surface area contributed by atoms with Crippen LogP contribution in [0.15, 0.2) is 29.2 Å². The number of thioether (sulfide) groups is 1. The Morgan fingerprint density at radius 1 is 1.42 bits per heavy atom. The van der Waals surface area contributed by atoms with Crippen molar-refractivity contribution in [2.24, 2.45) is 5.92 Å². The first-order valence-corrected chi connectivity index (χ1v) is 7.73. The molecule has 1 saturated heterocycles. The van der Waals surface area contributed by atoms with Crippen LogP contribution in [-0.2, 0) is 4.79 Å². The lowest BCUT2D eigenvalue weighted by molar-refractivity contribution is -0.143. The molecule has 19 heavy (non-hydrogen) atoms. The van der Waals surface area contributed by atoms with Crippen molar-refractivity contribution in [2.45, 2.75) is 31.2 Å². The Morgan fingerprint density at radius 3 is 2.74 bits per heavy atom. The summed E-state index contributed by atoms with van der Waals surface area (Å²) in [6.45, 7) is 5.87. The Bertz CT molecular complexity index is 432. The van der Waals surface area contributed by atoms with E-state index in [2.05, 4.69) is 36.1 Å². The summed E-state index contributed by atoms with van der Waals surface area (Å²) < 4.78 is 0. The molecule has 1 aromatic carbocycles. The van der Waals surface area contributed by atoms with E-state index >= 15 is 0 Å². The average Bonchev–Trinajstić information content (AvgIpc) is 2.73. The van der Waals surface area contributed by atoms with Gasteiger partial charge in [-0.1, -0.05) is 24.6 Å².